The van der Waals surface area contributed by atoms with Crippen LogP contribution in [0.2, 0.25) is 10.0 Å². The molecule has 0 spiro atoms. The topological polar surface area (TPSA) is 74.3 Å². The van der Waals surface area contributed by atoms with Crippen molar-refractivity contribution in [2.24, 2.45) is 5.92 Å². The third-order valence-corrected chi connectivity index (χ3v) is 5.64. The zero-order valence-electron chi connectivity index (χ0n) is 16.3. The van der Waals surface area contributed by atoms with Crippen LogP contribution in [0.3, 0.4) is 0 Å². The highest BCUT2D eigenvalue weighted by Crippen LogP contribution is 2.30. The number of hydrogen-bond acceptors (Lipinski definition) is 4. The van der Waals surface area contributed by atoms with E-state index in [9.17, 15) is 9.59 Å². The minimum Gasteiger partial charge on any atom is -0.324 e. The lowest BCUT2D eigenvalue weighted by atomic mass is 9.96. The van der Waals surface area contributed by atoms with Crippen LogP contribution in [0.5, 0.6) is 0 Å². The number of carbonyl (C=O) groups excluding carboxylic acids is 2. The fourth-order valence-corrected chi connectivity index (χ4v) is 3.82. The van der Waals surface area contributed by atoms with E-state index in [2.05, 4.69) is 20.5 Å². The van der Waals surface area contributed by atoms with E-state index >= 15 is 0 Å². The SMILES string of the molecule is Cc1ccnc(NC(=O)C2CCN(CCC(=O)Nc3c(Cl)cccc3Cl)CC2)c1. The molecule has 1 aliphatic heterocycles. The number of aromatic nitrogens is 1. The molecular formula is C21H24Cl2N4O2. The van der Waals surface area contributed by atoms with Gasteiger partial charge in [-0.15, -0.1) is 0 Å². The number of rotatable bonds is 6. The Morgan fingerprint density at radius 2 is 1.83 bits per heavy atom. The quantitative estimate of drug-likeness (QED) is 0.707. The van der Waals surface area contributed by atoms with Crippen molar-refractivity contribution in [3.05, 3.63) is 52.1 Å². The predicted molar refractivity (Wildman–Crippen MR) is 116 cm³/mol. The van der Waals surface area contributed by atoms with Gasteiger partial charge in [-0.1, -0.05) is 29.3 Å². The number of pyridine rings is 1. The number of aryl methyl sites for hydroxylation is 1. The first-order chi connectivity index (χ1) is 13.9. The van der Waals surface area contributed by atoms with E-state index in [0.29, 0.717) is 34.5 Å². The Hall–Kier alpha value is -2.15. The van der Waals surface area contributed by atoms with Gasteiger partial charge in [0.2, 0.25) is 11.8 Å². The zero-order valence-corrected chi connectivity index (χ0v) is 17.8. The van der Waals surface area contributed by atoms with Gasteiger partial charge in [0.15, 0.2) is 0 Å². The molecule has 2 N–H and O–H groups in total. The highest BCUT2D eigenvalue weighted by molar-refractivity contribution is 6.39. The molecule has 2 aromatic rings. The van der Waals surface area contributed by atoms with E-state index in [1.807, 2.05) is 19.1 Å². The normalized spacial score (nSPS) is 15.1. The summed E-state index contributed by atoms with van der Waals surface area (Å²) in [6.45, 7) is 4.15. The average Bonchev–Trinajstić information content (AvgIpc) is 2.70. The van der Waals surface area contributed by atoms with E-state index in [0.717, 1.165) is 31.5 Å². The third kappa shape index (κ3) is 6.16. The molecule has 2 amide bonds. The smallest absolute Gasteiger partial charge is 0.228 e. The van der Waals surface area contributed by atoms with Crippen LogP contribution in [0.4, 0.5) is 11.5 Å². The molecule has 0 saturated carbocycles. The van der Waals surface area contributed by atoms with Crippen LogP contribution >= 0.6 is 23.2 Å². The summed E-state index contributed by atoms with van der Waals surface area (Å²) in [5, 5.41) is 6.51. The third-order valence-electron chi connectivity index (χ3n) is 5.01. The summed E-state index contributed by atoms with van der Waals surface area (Å²) < 4.78 is 0. The summed E-state index contributed by atoms with van der Waals surface area (Å²) in [5.74, 6) is 0.427. The standard InChI is InChI=1S/C21H24Cl2N4O2/c1-14-5-9-24-18(13-14)25-21(29)15-6-10-27(11-7-15)12-8-19(28)26-20-16(22)3-2-4-17(20)23/h2-5,9,13,15H,6-8,10-12H2,1H3,(H,26,28)(H,24,25,29). The van der Waals surface area contributed by atoms with Gasteiger partial charge < -0.3 is 15.5 Å². The van der Waals surface area contributed by atoms with Crippen LogP contribution in [-0.2, 0) is 9.59 Å². The first-order valence-electron chi connectivity index (χ1n) is 9.62. The van der Waals surface area contributed by atoms with Crippen molar-refractivity contribution in [2.45, 2.75) is 26.2 Å². The molecular weight excluding hydrogens is 411 g/mol. The molecule has 2 heterocycles. The minimum atomic E-state index is -0.134. The Labute approximate surface area is 180 Å². The maximum atomic E-state index is 12.5. The number of hydrogen-bond donors (Lipinski definition) is 2. The largest absolute Gasteiger partial charge is 0.324 e. The molecule has 1 fully saturated rings. The van der Waals surface area contributed by atoms with Crippen molar-refractivity contribution in [2.75, 3.05) is 30.3 Å². The van der Waals surface area contributed by atoms with Crippen molar-refractivity contribution >= 4 is 46.5 Å². The number of amides is 2. The summed E-state index contributed by atoms with van der Waals surface area (Å²) in [7, 11) is 0. The summed E-state index contributed by atoms with van der Waals surface area (Å²) >= 11 is 12.2. The average molecular weight is 435 g/mol. The Morgan fingerprint density at radius 3 is 2.48 bits per heavy atom. The van der Waals surface area contributed by atoms with Gasteiger partial charge in [0.05, 0.1) is 15.7 Å². The maximum absolute atomic E-state index is 12.5. The fraction of sp³-hybridized carbons (Fsp3) is 0.381. The Balaban J connectivity index is 1.41. The van der Waals surface area contributed by atoms with Crippen LogP contribution in [-0.4, -0.2) is 41.3 Å². The van der Waals surface area contributed by atoms with Gasteiger partial charge in [0.1, 0.15) is 5.82 Å². The molecule has 1 aromatic carbocycles. The molecule has 0 unspecified atom stereocenters. The van der Waals surface area contributed by atoms with E-state index in [-0.39, 0.29) is 17.7 Å². The maximum Gasteiger partial charge on any atom is 0.228 e. The first-order valence-corrected chi connectivity index (χ1v) is 10.4. The molecule has 1 aromatic heterocycles. The van der Waals surface area contributed by atoms with Crippen molar-refractivity contribution in [3.63, 3.8) is 0 Å². The van der Waals surface area contributed by atoms with E-state index < -0.39 is 0 Å². The second-order valence-electron chi connectivity index (χ2n) is 7.22. The summed E-state index contributed by atoms with van der Waals surface area (Å²) in [6, 6.07) is 8.85. The zero-order chi connectivity index (χ0) is 20.8. The number of nitrogens with one attached hydrogen (secondary N) is 2. The summed E-state index contributed by atoms with van der Waals surface area (Å²) in [6.07, 6.45) is 3.55. The van der Waals surface area contributed by atoms with Gasteiger partial charge in [0.25, 0.3) is 0 Å². The Kier molecular flexibility index (Phi) is 7.47. The van der Waals surface area contributed by atoms with Gasteiger partial charge in [-0.2, -0.15) is 0 Å². The molecule has 0 bridgehead atoms. The van der Waals surface area contributed by atoms with Gasteiger partial charge >= 0.3 is 0 Å². The van der Waals surface area contributed by atoms with Gasteiger partial charge in [-0.3, -0.25) is 9.59 Å². The molecule has 0 atom stereocenters. The van der Waals surface area contributed by atoms with Crippen molar-refractivity contribution in [1.29, 1.82) is 0 Å². The van der Waals surface area contributed by atoms with Crippen LogP contribution in [0, 0.1) is 12.8 Å². The lowest BCUT2D eigenvalue weighted by molar-refractivity contribution is -0.121. The first kappa shape index (κ1) is 21.6. The lowest BCUT2D eigenvalue weighted by Crippen LogP contribution is -2.39. The van der Waals surface area contributed by atoms with Gasteiger partial charge in [-0.25, -0.2) is 4.98 Å². The Morgan fingerprint density at radius 1 is 1.14 bits per heavy atom. The number of likely N-dealkylation sites (tertiary alicyclic amines) is 1. The number of benzene rings is 1. The molecule has 0 aliphatic carbocycles. The number of nitrogens with zero attached hydrogens (tertiary/aromatic N) is 2. The van der Waals surface area contributed by atoms with Crippen LogP contribution < -0.4 is 10.6 Å². The highest BCUT2D eigenvalue weighted by atomic mass is 35.5. The highest BCUT2D eigenvalue weighted by Gasteiger charge is 2.25. The molecule has 1 aliphatic rings. The van der Waals surface area contributed by atoms with E-state index in [1.54, 1.807) is 24.4 Å². The Bertz CT molecular complexity index is 862. The van der Waals surface area contributed by atoms with Crippen molar-refractivity contribution < 1.29 is 9.59 Å². The number of para-hydroxylation sites is 1. The number of halogens is 2. The van der Waals surface area contributed by atoms with Crippen LogP contribution in [0.25, 0.3) is 0 Å². The van der Waals surface area contributed by atoms with E-state index in [4.69, 9.17) is 23.2 Å². The van der Waals surface area contributed by atoms with Crippen LogP contribution in [0.15, 0.2) is 36.5 Å². The fourth-order valence-electron chi connectivity index (χ4n) is 3.33. The van der Waals surface area contributed by atoms with E-state index in [1.165, 1.54) is 0 Å². The summed E-state index contributed by atoms with van der Waals surface area (Å²) in [4.78, 5) is 31.1. The molecule has 6 nitrogen and oxygen atoms in total. The van der Waals surface area contributed by atoms with Gasteiger partial charge in [-0.05, 0) is 62.7 Å². The molecule has 154 valence electrons. The number of carbonyl (C=O) groups is 2. The lowest BCUT2D eigenvalue weighted by Gasteiger charge is -2.31. The summed E-state index contributed by atoms with van der Waals surface area (Å²) in [5.41, 5.74) is 1.50. The van der Waals surface area contributed by atoms with Crippen LogP contribution in [0.1, 0.15) is 24.8 Å². The molecule has 0 radical (unpaired) electrons. The number of anilines is 2. The molecule has 3 rings (SSSR count). The van der Waals surface area contributed by atoms with Crippen molar-refractivity contribution in [3.8, 4) is 0 Å². The molecule has 8 heteroatoms. The van der Waals surface area contributed by atoms with Crippen molar-refractivity contribution in [1.82, 2.24) is 9.88 Å². The second-order valence-corrected chi connectivity index (χ2v) is 8.03. The molecule has 1 saturated heterocycles. The number of piperidine rings is 1. The van der Waals surface area contributed by atoms with Gasteiger partial charge in [0, 0.05) is 25.1 Å². The monoisotopic (exact) mass is 434 g/mol. The minimum absolute atomic E-state index is 0.00820. The molecule has 29 heavy (non-hydrogen) atoms. The second kappa shape index (κ2) is 10.1. The predicted octanol–water partition coefficient (Wildman–Crippen LogP) is 4.38.